The highest BCUT2D eigenvalue weighted by Gasteiger charge is 2.39. The van der Waals surface area contributed by atoms with Gasteiger partial charge in [0.2, 0.25) is 10.0 Å². The van der Waals surface area contributed by atoms with Crippen LogP contribution in [0.15, 0.2) is 47.5 Å². The number of ether oxygens (including phenoxy) is 1. The van der Waals surface area contributed by atoms with Gasteiger partial charge in [0, 0.05) is 44.8 Å². The summed E-state index contributed by atoms with van der Waals surface area (Å²) in [6, 6.07) is 10.1. The number of carbonyl (C=O) groups is 1. The van der Waals surface area contributed by atoms with Crippen molar-refractivity contribution in [3.05, 3.63) is 70.4 Å². The Morgan fingerprint density at radius 2 is 1.98 bits per heavy atom. The minimum atomic E-state index is -3.91. The number of benzene rings is 2. The Morgan fingerprint density at radius 3 is 2.73 bits per heavy atom. The standard InChI is InChI=1S/C31H34F2N6O5S/c1-18-9-10-20(24(15-27(40)41)23-14-25(44-31(32)33)29-28(19(23)2)35-36-37(29)3)13-21(18)16-38-17-22-7-4-5-12-39(22)30-26(45(38,42)43)8-6-11-34-30/h6,8-11,13-14,22,24,31H,4-5,7,12,15-17H2,1-3H3,(H,40,41)/t22-,24+/m1/s1. The van der Waals surface area contributed by atoms with E-state index in [2.05, 4.69) is 20.2 Å². The lowest BCUT2D eigenvalue weighted by Crippen LogP contribution is -2.45. The van der Waals surface area contributed by atoms with E-state index in [0.29, 0.717) is 33.6 Å². The van der Waals surface area contributed by atoms with E-state index in [1.807, 2.05) is 19.1 Å². The van der Waals surface area contributed by atoms with E-state index in [1.165, 1.54) is 15.1 Å². The molecule has 4 aromatic rings. The van der Waals surface area contributed by atoms with Crippen molar-refractivity contribution >= 4 is 32.8 Å². The van der Waals surface area contributed by atoms with Gasteiger partial charge in [-0.05, 0) is 79.1 Å². The van der Waals surface area contributed by atoms with Gasteiger partial charge in [0.15, 0.2) is 5.75 Å². The Bertz CT molecular complexity index is 1880. The molecule has 14 heteroatoms. The molecule has 6 rings (SSSR count). The van der Waals surface area contributed by atoms with Gasteiger partial charge in [0.1, 0.15) is 21.7 Å². The Labute approximate surface area is 259 Å². The molecule has 11 nitrogen and oxygen atoms in total. The van der Waals surface area contributed by atoms with Crippen LogP contribution in [0, 0.1) is 13.8 Å². The summed E-state index contributed by atoms with van der Waals surface area (Å²) in [6.45, 7) is 1.60. The summed E-state index contributed by atoms with van der Waals surface area (Å²) in [6.07, 6.45) is 4.07. The van der Waals surface area contributed by atoms with Gasteiger partial charge in [-0.2, -0.15) is 13.1 Å². The van der Waals surface area contributed by atoms with Gasteiger partial charge in [-0.3, -0.25) is 4.79 Å². The predicted octanol–water partition coefficient (Wildman–Crippen LogP) is 4.75. The molecule has 2 aliphatic rings. The number of halogens is 2. The lowest BCUT2D eigenvalue weighted by atomic mass is 9.84. The number of carboxylic acids is 1. The van der Waals surface area contributed by atoms with Crippen molar-refractivity contribution in [2.75, 3.05) is 18.0 Å². The van der Waals surface area contributed by atoms with Gasteiger partial charge >= 0.3 is 12.6 Å². The van der Waals surface area contributed by atoms with Gasteiger partial charge < -0.3 is 14.7 Å². The molecule has 2 atom stereocenters. The second-order valence-electron chi connectivity index (χ2n) is 11.7. The Hall–Kier alpha value is -4.17. The van der Waals surface area contributed by atoms with Crippen molar-refractivity contribution in [3.63, 3.8) is 0 Å². The number of carboxylic acid groups (broad SMARTS) is 1. The number of pyridine rings is 1. The summed E-state index contributed by atoms with van der Waals surface area (Å²) in [5.41, 5.74) is 3.79. The van der Waals surface area contributed by atoms with Crippen LogP contribution in [0.1, 0.15) is 59.4 Å². The summed E-state index contributed by atoms with van der Waals surface area (Å²) in [5, 5.41) is 18.1. The van der Waals surface area contributed by atoms with Crippen LogP contribution in [0.2, 0.25) is 0 Å². The largest absolute Gasteiger partial charge is 0.481 e. The molecule has 0 radical (unpaired) electrons. The number of fused-ring (bicyclic) bond motifs is 4. The van der Waals surface area contributed by atoms with Crippen molar-refractivity contribution in [3.8, 4) is 5.75 Å². The normalized spacial score (nSPS) is 18.8. The lowest BCUT2D eigenvalue weighted by Gasteiger charge is -2.36. The molecule has 0 saturated carbocycles. The zero-order chi connectivity index (χ0) is 32.0. The number of aliphatic carboxylic acids is 1. The first-order valence-electron chi connectivity index (χ1n) is 14.8. The lowest BCUT2D eigenvalue weighted by molar-refractivity contribution is -0.137. The predicted molar refractivity (Wildman–Crippen MR) is 162 cm³/mol. The third-order valence-corrected chi connectivity index (χ3v) is 10.7. The number of anilines is 1. The van der Waals surface area contributed by atoms with E-state index in [-0.39, 0.29) is 41.7 Å². The fourth-order valence-corrected chi connectivity index (χ4v) is 8.24. The van der Waals surface area contributed by atoms with Crippen LogP contribution >= 0.6 is 0 Å². The zero-order valence-corrected chi connectivity index (χ0v) is 26.0. The van der Waals surface area contributed by atoms with Gasteiger partial charge in [-0.15, -0.1) is 5.10 Å². The number of piperidine rings is 1. The zero-order valence-electron chi connectivity index (χ0n) is 25.2. The molecule has 0 bridgehead atoms. The summed E-state index contributed by atoms with van der Waals surface area (Å²) in [7, 11) is -2.35. The monoisotopic (exact) mass is 640 g/mol. The van der Waals surface area contributed by atoms with Crippen LogP contribution in [-0.2, 0) is 28.4 Å². The molecule has 1 saturated heterocycles. The highest BCUT2D eigenvalue weighted by atomic mass is 32.2. The highest BCUT2D eigenvalue weighted by Crippen LogP contribution is 2.40. The minimum Gasteiger partial charge on any atom is -0.481 e. The van der Waals surface area contributed by atoms with E-state index in [0.717, 1.165) is 31.4 Å². The number of sulfonamides is 1. The molecular weight excluding hydrogens is 606 g/mol. The molecule has 0 unspecified atom stereocenters. The maximum absolute atomic E-state index is 14.1. The average Bonchev–Trinajstić information content (AvgIpc) is 3.36. The quantitative estimate of drug-likeness (QED) is 0.290. The molecule has 238 valence electrons. The second kappa shape index (κ2) is 12.0. The van der Waals surface area contributed by atoms with Crippen LogP contribution in [0.3, 0.4) is 0 Å². The highest BCUT2D eigenvalue weighted by molar-refractivity contribution is 7.89. The summed E-state index contributed by atoms with van der Waals surface area (Å²) < 4.78 is 62.7. The van der Waals surface area contributed by atoms with Gasteiger partial charge in [-0.25, -0.2) is 18.1 Å². The van der Waals surface area contributed by atoms with Crippen LogP contribution in [0.5, 0.6) is 5.75 Å². The van der Waals surface area contributed by atoms with E-state index < -0.39 is 28.5 Å². The molecular formula is C31H34F2N6O5S. The fourth-order valence-electron chi connectivity index (χ4n) is 6.63. The molecule has 0 amide bonds. The Balaban J connectivity index is 1.43. The molecule has 2 aromatic heterocycles. The Kier molecular flexibility index (Phi) is 8.20. The summed E-state index contributed by atoms with van der Waals surface area (Å²) in [4.78, 5) is 18.9. The topological polar surface area (TPSA) is 131 Å². The number of hydrogen-bond acceptors (Lipinski definition) is 8. The van der Waals surface area contributed by atoms with Crippen molar-refractivity contribution in [1.29, 1.82) is 0 Å². The van der Waals surface area contributed by atoms with Gasteiger partial charge in [0.05, 0.1) is 6.42 Å². The van der Waals surface area contributed by atoms with E-state index >= 15 is 0 Å². The smallest absolute Gasteiger partial charge is 0.387 e. The molecule has 1 N–H and O–H groups in total. The molecule has 0 aliphatic carbocycles. The third-order valence-electron chi connectivity index (χ3n) is 8.91. The van der Waals surface area contributed by atoms with E-state index in [4.69, 9.17) is 4.74 Å². The van der Waals surface area contributed by atoms with E-state index in [9.17, 15) is 27.1 Å². The first kappa shape index (κ1) is 30.8. The molecule has 0 spiro atoms. The maximum Gasteiger partial charge on any atom is 0.387 e. The number of nitrogens with zero attached hydrogens (tertiary/aromatic N) is 6. The van der Waals surface area contributed by atoms with Crippen LogP contribution in [-0.4, -0.2) is 69.5 Å². The summed E-state index contributed by atoms with van der Waals surface area (Å²) in [5.74, 6) is -1.54. The van der Waals surface area contributed by atoms with Crippen LogP contribution in [0.4, 0.5) is 14.6 Å². The average molecular weight is 641 g/mol. The number of alkyl halides is 2. The van der Waals surface area contributed by atoms with Crippen molar-refractivity contribution in [2.24, 2.45) is 7.05 Å². The first-order chi connectivity index (χ1) is 21.5. The molecule has 1 fully saturated rings. The number of rotatable bonds is 8. The van der Waals surface area contributed by atoms with Crippen LogP contribution in [0.25, 0.3) is 11.0 Å². The summed E-state index contributed by atoms with van der Waals surface area (Å²) >= 11 is 0. The second-order valence-corrected chi connectivity index (χ2v) is 13.6. The van der Waals surface area contributed by atoms with Gasteiger partial charge in [0.25, 0.3) is 0 Å². The first-order valence-corrected chi connectivity index (χ1v) is 16.2. The fraction of sp³-hybridized carbons (Fsp3) is 0.419. The van der Waals surface area contributed by atoms with Gasteiger partial charge in [-0.1, -0.05) is 23.4 Å². The SMILES string of the molecule is Cc1ccc([C@H](CC(=O)O)c2cc(OC(F)F)c3c(nnn3C)c2C)cc1CN1C[C@H]2CCCCN2c2ncccc2S1(=O)=O. The molecule has 2 aliphatic heterocycles. The third kappa shape index (κ3) is 5.72. The van der Waals surface area contributed by atoms with Crippen LogP contribution < -0.4 is 9.64 Å². The molecule has 4 heterocycles. The maximum atomic E-state index is 14.1. The van der Waals surface area contributed by atoms with Crippen molar-refractivity contribution < 1.29 is 31.8 Å². The van der Waals surface area contributed by atoms with E-state index in [1.54, 1.807) is 38.4 Å². The van der Waals surface area contributed by atoms with Crippen molar-refractivity contribution in [2.45, 2.75) is 69.5 Å². The minimum absolute atomic E-state index is 0.0254. The number of hydrogen-bond donors (Lipinski definition) is 1. The molecule has 2 aromatic carbocycles. The number of aromatic nitrogens is 4. The molecule has 45 heavy (non-hydrogen) atoms. The van der Waals surface area contributed by atoms with Crippen molar-refractivity contribution in [1.82, 2.24) is 24.3 Å². The Morgan fingerprint density at radius 1 is 1.18 bits per heavy atom. The number of aryl methyl sites for hydroxylation is 3.